The van der Waals surface area contributed by atoms with Crippen molar-refractivity contribution in [1.82, 2.24) is 4.90 Å². The van der Waals surface area contributed by atoms with Gasteiger partial charge in [-0.1, -0.05) is 12.1 Å². The maximum atomic E-state index is 11.4. The number of carbonyl (C=O) groups is 1. The van der Waals surface area contributed by atoms with Gasteiger partial charge in [0.2, 0.25) is 0 Å². The standard InChI is InChI=1S/C15H17NO5.Na/c1-7(17)12-11-6-10(8-2-4-9(18)5-3-8)13(15(20)21)16(11)14(12)19;/h2-5,7,11-12,14,17-19H,6H2,1H3,(H,20,21);/q;+1/p-1. The van der Waals surface area contributed by atoms with Crippen LogP contribution in [0.15, 0.2) is 30.0 Å². The summed E-state index contributed by atoms with van der Waals surface area (Å²) >= 11 is 0. The van der Waals surface area contributed by atoms with Crippen LogP contribution in [0.1, 0.15) is 18.9 Å². The van der Waals surface area contributed by atoms with Crippen molar-refractivity contribution in [3.63, 3.8) is 0 Å². The van der Waals surface area contributed by atoms with Crippen LogP contribution in [0.3, 0.4) is 0 Å². The molecule has 112 valence electrons. The fourth-order valence-electron chi connectivity index (χ4n) is 3.37. The fraction of sp³-hybridized carbons (Fsp3) is 0.400. The van der Waals surface area contributed by atoms with Crippen LogP contribution in [-0.4, -0.2) is 44.6 Å². The van der Waals surface area contributed by atoms with E-state index in [1.807, 2.05) is 0 Å². The molecule has 0 aliphatic carbocycles. The third kappa shape index (κ3) is 2.55. The van der Waals surface area contributed by atoms with Crippen LogP contribution in [-0.2, 0) is 4.79 Å². The summed E-state index contributed by atoms with van der Waals surface area (Å²) in [6.07, 6.45) is -1.32. The molecule has 1 fully saturated rings. The molecule has 2 aliphatic rings. The van der Waals surface area contributed by atoms with Crippen molar-refractivity contribution in [3.8, 4) is 5.75 Å². The van der Waals surface area contributed by atoms with E-state index in [-0.39, 0.29) is 53.0 Å². The summed E-state index contributed by atoms with van der Waals surface area (Å²) in [5.41, 5.74) is 1.19. The van der Waals surface area contributed by atoms with Gasteiger partial charge in [-0.3, -0.25) is 0 Å². The van der Waals surface area contributed by atoms with E-state index in [0.717, 1.165) is 0 Å². The van der Waals surface area contributed by atoms with Crippen LogP contribution < -0.4 is 34.7 Å². The van der Waals surface area contributed by atoms with E-state index >= 15 is 0 Å². The van der Waals surface area contributed by atoms with Crippen molar-refractivity contribution >= 4 is 11.5 Å². The van der Waals surface area contributed by atoms with E-state index in [2.05, 4.69) is 0 Å². The molecule has 1 aromatic rings. The van der Waals surface area contributed by atoms with Crippen LogP contribution in [0, 0.1) is 5.92 Å². The number of rotatable bonds is 3. The van der Waals surface area contributed by atoms with E-state index in [1.54, 1.807) is 19.1 Å². The summed E-state index contributed by atoms with van der Waals surface area (Å²) in [7, 11) is 0. The normalized spacial score (nSPS) is 27.8. The molecule has 22 heavy (non-hydrogen) atoms. The number of aliphatic carboxylic acids is 1. The predicted octanol–water partition coefficient (Wildman–Crippen LogP) is -3.74. The Morgan fingerprint density at radius 2 is 1.95 bits per heavy atom. The third-order valence-electron chi connectivity index (χ3n) is 4.35. The maximum absolute atomic E-state index is 11.4. The van der Waals surface area contributed by atoms with E-state index < -0.39 is 18.3 Å². The zero-order valence-electron chi connectivity index (χ0n) is 12.4. The third-order valence-corrected chi connectivity index (χ3v) is 4.35. The summed E-state index contributed by atoms with van der Waals surface area (Å²) in [5.74, 6) is -1.63. The Balaban J connectivity index is 0.00000176. The van der Waals surface area contributed by atoms with Gasteiger partial charge in [0.05, 0.1) is 23.7 Å². The average molecular weight is 313 g/mol. The van der Waals surface area contributed by atoms with Crippen molar-refractivity contribution in [1.29, 1.82) is 0 Å². The summed E-state index contributed by atoms with van der Waals surface area (Å²) in [6.45, 7) is 1.59. The molecule has 6 nitrogen and oxygen atoms in total. The van der Waals surface area contributed by atoms with Gasteiger partial charge >= 0.3 is 29.6 Å². The van der Waals surface area contributed by atoms with Crippen molar-refractivity contribution < 1.29 is 54.8 Å². The molecular weight excluding hydrogens is 297 g/mol. The SMILES string of the molecule is CC(O)C1C(O)N2C(C(=O)[O-])=C(c3ccc(O)cc3)CC12.[Na+]. The van der Waals surface area contributed by atoms with E-state index in [1.165, 1.54) is 17.0 Å². The molecule has 2 heterocycles. The number of hydrogen-bond acceptors (Lipinski definition) is 6. The van der Waals surface area contributed by atoms with Crippen LogP contribution in [0.4, 0.5) is 0 Å². The largest absolute Gasteiger partial charge is 1.00 e. The molecule has 0 aromatic heterocycles. The summed E-state index contributed by atoms with van der Waals surface area (Å²) in [5, 5.41) is 40.5. The van der Waals surface area contributed by atoms with Crippen LogP contribution in [0.2, 0.25) is 0 Å². The molecule has 1 saturated heterocycles. The Morgan fingerprint density at radius 3 is 2.45 bits per heavy atom. The number of phenolic OH excluding ortho intramolecular Hbond substituents is 1. The fourth-order valence-corrected chi connectivity index (χ4v) is 3.37. The van der Waals surface area contributed by atoms with Gasteiger partial charge in [-0.25, -0.2) is 0 Å². The van der Waals surface area contributed by atoms with Crippen molar-refractivity contribution in [2.75, 3.05) is 0 Å². The molecule has 0 amide bonds. The number of carboxylic acids is 1. The van der Waals surface area contributed by atoms with Crippen molar-refractivity contribution in [3.05, 3.63) is 35.5 Å². The molecule has 3 rings (SSSR count). The molecule has 0 spiro atoms. The molecule has 0 radical (unpaired) electrons. The number of carboxylic acid groups (broad SMARTS) is 1. The van der Waals surface area contributed by atoms with E-state index in [9.17, 15) is 25.2 Å². The number of fused-ring (bicyclic) bond motifs is 1. The number of nitrogens with zero attached hydrogens (tertiary/aromatic N) is 1. The summed E-state index contributed by atoms with van der Waals surface area (Å²) in [6, 6.07) is 5.98. The number of hydrogen-bond donors (Lipinski definition) is 3. The van der Waals surface area contributed by atoms with E-state index in [4.69, 9.17) is 0 Å². The first-order valence-electron chi connectivity index (χ1n) is 6.80. The van der Waals surface area contributed by atoms with Gasteiger partial charge in [-0.05, 0) is 36.6 Å². The van der Waals surface area contributed by atoms with Gasteiger partial charge < -0.3 is 30.1 Å². The summed E-state index contributed by atoms with van der Waals surface area (Å²) in [4.78, 5) is 12.8. The molecule has 3 N–H and O–H groups in total. The predicted molar refractivity (Wildman–Crippen MR) is 71.5 cm³/mol. The Labute approximate surface area is 150 Å². The first-order chi connectivity index (χ1) is 9.91. The number of benzene rings is 1. The molecule has 0 saturated carbocycles. The van der Waals surface area contributed by atoms with E-state index in [0.29, 0.717) is 17.6 Å². The zero-order chi connectivity index (χ0) is 15.3. The minimum atomic E-state index is -1.34. The Hall–Kier alpha value is -1.05. The molecule has 2 aliphatic heterocycles. The van der Waals surface area contributed by atoms with Gasteiger partial charge in [0.15, 0.2) is 0 Å². The van der Waals surface area contributed by atoms with Gasteiger partial charge in [0.1, 0.15) is 12.0 Å². The van der Waals surface area contributed by atoms with Crippen molar-refractivity contribution in [2.24, 2.45) is 5.92 Å². The molecule has 7 heteroatoms. The minimum absolute atomic E-state index is 0. The first-order valence-corrected chi connectivity index (χ1v) is 6.80. The Bertz CT molecular complexity index is 613. The van der Waals surface area contributed by atoms with Gasteiger partial charge in [0.25, 0.3) is 0 Å². The van der Waals surface area contributed by atoms with Crippen LogP contribution in [0.5, 0.6) is 5.75 Å². The molecule has 4 unspecified atom stereocenters. The Morgan fingerprint density at radius 1 is 1.36 bits per heavy atom. The minimum Gasteiger partial charge on any atom is -0.543 e. The number of aliphatic hydroxyl groups is 2. The average Bonchev–Trinajstić information content (AvgIpc) is 2.74. The van der Waals surface area contributed by atoms with Gasteiger partial charge in [-0.15, -0.1) is 0 Å². The first kappa shape index (κ1) is 17.3. The smallest absolute Gasteiger partial charge is 0.543 e. The second kappa shape index (κ2) is 6.22. The monoisotopic (exact) mass is 313 g/mol. The molecule has 0 bridgehead atoms. The van der Waals surface area contributed by atoms with Crippen molar-refractivity contribution in [2.45, 2.75) is 31.7 Å². The zero-order valence-corrected chi connectivity index (χ0v) is 14.4. The van der Waals surface area contributed by atoms with Crippen LogP contribution >= 0.6 is 0 Å². The second-order valence-electron chi connectivity index (χ2n) is 5.57. The molecule has 4 atom stereocenters. The number of aliphatic hydroxyl groups excluding tert-OH is 2. The summed E-state index contributed by atoms with van der Waals surface area (Å²) < 4.78 is 0. The molecule has 1 aromatic carbocycles. The quantitative estimate of drug-likeness (QED) is 0.496. The number of phenols is 1. The number of aromatic hydroxyl groups is 1. The van der Waals surface area contributed by atoms with Gasteiger partial charge in [-0.2, -0.15) is 0 Å². The van der Waals surface area contributed by atoms with Gasteiger partial charge in [0, 0.05) is 6.04 Å². The number of carbonyl (C=O) groups excluding carboxylic acids is 1. The topological polar surface area (TPSA) is 104 Å². The second-order valence-corrected chi connectivity index (χ2v) is 5.57. The molecular formula is C15H16NNaO5. The Kier molecular flexibility index (Phi) is 4.89. The van der Waals surface area contributed by atoms with Crippen LogP contribution in [0.25, 0.3) is 5.57 Å². The maximum Gasteiger partial charge on any atom is 1.00 e.